The van der Waals surface area contributed by atoms with Crippen LogP contribution in [0.25, 0.3) is 0 Å². The highest BCUT2D eigenvalue weighted by atomic mass is 14.8. The number of nitrogens with one attached hydrogen (secondary N) is 1. The number of benzene rings is 1. The molecule has 0 saturated heterocycles. The minimum atomic E-state index is 0.786. The minimum absolute atomic E-state index is 0.786. The molecule has 1 heteroatoms. The molecule has 0 saturated carbocycles. The van der Waals surface area contributed by atoms with Gasteiger partial charge in [0.05, 0.1) is 0 Å². The van der Waals surface area contributed by atoms with Crippen LogP contribution in [0.3, 0.4) is 0 Å². The van der Waals surface area contributed by atoms with Crippen LogP contribution in [0.4, 0.5) is 0 Å². The molecule has 11 heavy (non-hydrogen) atoms. The summed E-state index contributed by atoms with van der Waals surface area (Å²) >= 11 is 0. The van der Waals surface area contributed by atoms with Crippen LogP contribution < -0.4 is 5.32 Å². The Balaban J connectivity index is 2.62. The molecule has 0 bridgehead atoms. The van der Waals surface area contributed by atoms with Crippen molar-refractivity contribution >= 4 is 0 Å². The lowest BCUT2D eigenvalue weighted by Crippen LogP contribution is -2.12. The first-order valence-electron chi connectivity index (χ1n) is 3.89. The van der Waals surface area contributed by atoms with Crippen LogP contribution in [-0.2, 0) is 6.54 Å². The predicted octanol–water partition coefficient (Wildman–Crippen LogP) is 1.92. The van der Waals surface area contributed by atoms with E-state index in [9.17, 15) is 0 Å². The van der Waals surface area contributed by atoms with Crippen LogP contribution >= 0.6 is 0 Å². The van der Waals surface area contributed by atoms with E-state index in [0.29, 0.717) is 0 Å². The molecule has 1 aromatic rings. The number of aryl methyl sites for hydroxylation is 1. The molecule has 0 amide bonds. The molecule has 0 aliphatic heterocycles. The molecule has 0 atom stereocenters. The van der Waals surface area contributed by atoms with Gasteiger partial charge in [-0.3, -0.25) is 0 Å². The lowest BCUT2D eigenvalue weighted by Gasteiger charge is -2.04. The van der Waals surface area contributed by atoms with Gasteiger partial charge in [-0.25, -0.2) is 0 Å². The Labute approximate surface area is 68.4 Å². The van der Waals surface area contributed by atoms with Crippen molar-refractivity contribution in [2.24, 2.45) is 0 Å². The SMILES string of the molecule is [CH2]CNCc1ccccc1C. The topological polar surface area (TPSA) is 12.0 Å². The quantitative estimate of drug-likeness (QED) is 0.690. The maximum Gasteiger partial charge on any atom is 0.0208 e. The van der Waals surface area contributed by atoms with E-state index >= 15 is 0 Å². The van der Waals surface area contributed by atoms with Crippen molar-refractivity contribution in [1.29, 1.82) is 0 Å². The molecule has 1 radical (unpaired) electrons. The fourth-order valence-electron chi connectivity index (χ4n) is 1.03. The van der Waals surface area contributed by atoms with E-state index in [-0.39, 0.29) is 0 Å². The third kappa shape index (κ3) is 2.35. The van der Waals surface area contributed by atoms with Crippen molar-refractivity contribution in [3.05, 3.63) is 42.3 Å². The van der Waals surface area contributed by atoms with Gasteiger partial charge < -0.3 is 5.32 Å². The smallest absolute Gasteiger partial charge is 0.0208 e. The van der Waals surface area contributed by atoms with Crippen molar-refractivity contribution in [2.45, 2.75) is 13.5 Å². The Bertz CT molecular complexity index is 218. The van der Waals surface area contributed by atoms with Crippen molar-refractivity contribution in [2.75, 3.05) is 6.54 Å². The van der Waals surface area contributed by atoms with Crippen LogP contribution in [0, 0.1) is 13.8 Å². The van der Waals surface area contributed by atoms with E-state index < -0.39 is 0 Å². The van der Waals surface area contributed by atoms with Gasteiger partial charge in [-0.05, 0) is 31.5 Å². The normalized spacial score (nSPS) is 10.0. The van der Waals surface area contributed by atoms with Gasteiger partial charge in [0.1, 0.15) is 0 Å². The van der Waals surface area contributed by atoms with Gasteiger partial charge in [-0.15, -0.1) is 0 Å². The third-order valence-corrected chi connectivity index (χ3v) is 1.75. The molecular formula is C10H14N. The summed E-state index contributed by atoms with van der Waals surface area (Å²) in [5, 5.41) is 3.19. The molecular weight excluding hydrogens is 134 g/mol. The zero-order valence-electron chi connectivity index (χ0n) is 6.93. The average Bonchev–Trinajstić information content (AvgIpc) is 2.03. The van der Waals surface area contributed by atoms with E-state index in [1.807, 2.05) is 0 Å². The Hall–Kier alpha value is -0.820. The zero-order valence-corrected chi connectivity index (χ0v) is 6.93. The summed E-state index contributed by atoms with van der Waals surface area (Å²) in [6.07, 6.45) is 0. The average molecular weight is 148 g/mol. The molecule has 0 spiro atoms. The van der Waals surface area contributed by atoms with Gasteiger partial charge in [0, 0.05) is 6.54 Å². The van der Waals surface area contributed by atoms with Crippen molar-refractivity contribution in [3.63, 3.8) is 0 Å². The molecule has 1 N–H and O–H groups in total. The molecule has 0 fully saturated rings. The Morgan fingerprint density at radius 3 is 2.73 bits per heavy atom. The van der Waals surface area contributed by atoms with Crippen LogP contribution in [0.5, 0.6) is 0 Å². The Morgan fingerprint density at radius 1 is 1.36 bits per heavy atom. The zero-order chi connectivity index (χ0) is 8.10. The highest BCUT2D eigenvalue weighted by molar-refractivity contribution is 5.25. The fourth-order valence-corrected chi connectivity index (χ4v) is 1.03. The van der Waals surface area contributed by atoms with Crippen LogP contribution in [0.2, 0.25) is 0 Å². The molecule has 0 aromatic heterocycles. The second-order valence-electron chi connectivity index (χ2n) is 2.60. The highest BCUT2D eigenvalue weighted by Gasteiger charge is 1.93. The van der Waals surface area contributed by atoms with Gasteiger partial charge in [-0.2, -0.15) is 0 Å². The first kappa shape index (κ1) is 8.28. The second-order valence-corrected chi connectivity index (χ2v) is 2.60. The molecule has 0 unspecified atom stereocenters. The van der Waals surface area contributed by atoms with Gasteiger partial charge in [0.25, 0.3) is 0 Å². The lowest BCUT2D eigenvalue weighted by molar-refractivity contribution is 0.754. The van der Waals surface area contributed by atoms with E-state index in [1.54, 1.807) is 0 Å². The van der Waals surface area contributed by atoms with E-state index in [0.717, 1.165) is 13.1 Å². The lowest BCUT2D eigenvalue weighted by atomic mass is 10.1. The van der Waals surface area contributed by atoms with E-state index in [1.165, 1.54) is 11.1 Å². The summed E-state index contributed by atoms with van der Waals surface area (Å²) in [5.41, 5.74) is 2.70. The summed E-state index contributed by atoms with van der Waals surface area (Å²) in [5.74, 6) is 0. The van der Waals surface area contributed by atoms with Gasteiger partial charge in [0.15, 0.2) is 0 Å². The van der Waals surface area contributed by atoms with Gasteiger partial charge in [-0.1, -0.05) is 24.3 Å². The molecule has 1 rings (SSSR count). The predicted molar refractivity (Wildman–Crippen MR) is 48.2 cm³/mol. The summed E-state index contributed by atoms with van der Waals surface area (Å²) in [6, 6.07) is 8.38. The largest absolute Gasteiger partial charge is 0.313 e. The van der Waals surface area contributed by atoms with E-state index in [2.05, 4.69) is 43.4 Å². The van der Waals surface area contributed by atoms with Crippen molar-refractivity contribution in [1.82, 2.24) is 5.32 Å². The molecule has 1 aromatic carbocycles. The number of hydrogen-bond donors (Lipinski definition) is 1. The first-order chi connectivity index (χ1) is 5.34. The Morgan fingerprint density at radius 2 is 2.09 bits per heavy atom. The third-order valence-electron chi connectivity index (χ3n) is 1.75. The molecule has 0 aliphatic carbocycles. The maximum atomic E-state index is 3.72. The maximum absolute atomic E-state index is 3.72. The van der Waals surface area contributed by atoms with Crippen LogP contribution in [0.1, 0.15) is 11.1 Å². The highest BCUT2D eigenvalue weighted by Crippen LogP contribution is 2.05. The standard InChI is InChI=1S/C10H14N/c1-3-11-8-10-7-5-4-6-9(10)2/h4-7,11H,1,3,8H2,2H3. The molecule has 59 valence electrons. The summed E-state index contributed by atoms with van der Waals surface area (Å²) in [7, 11) is 0. The fraction of sp³-hybridized carbons (Fsp3) is 0.300. The first-order valence-corrected chi connectivity index (χ1v) is 3.89. The summed E-state index contributed by atoms with van der Waals surface area (Å²) in [6.45, 7) is 7.56. The monoisotopic (exact) mass is 148 g/mol. The summed E-state index contributed by atoms with van der Waals surface area (Å²) < 4.78 is 0. The number of rotatable bonds is 3. The second kappa shape index (κ2) is 4.14. The minimum Gasteiger partial charge on any atom is -0.313 e. The number of hydrogen-bond acceptors (Lipinski definition) is 1. The van der Waals surface area contributed by atoms with Gasteiger partial charge >= 0.3 is 0 Å². The van der Waals surface area contributed by atoms with Crippen molar-refractivity contribution in [3.8, 4) is 0 Å². The van der Waals surface area contributed by atoms with Crippen LogP contribution in [0.15, 0.2) is 24.3 Å². The molecule has 0 aliphatic rings. The van der Waals surface area contributed by atoms with E-state index in [4.69, 9.17) is 0 Å². The molecule has 0 heterocycles. The van der Waals surface area contributed by atoms with Crippen LogP contribution in [-0.4, -0.2) is 6.54 Å². The molecule has 1 nitrogen and oxygen atoms in total. The Kier molecular flexibility index (Phi) is 3.12. The van der Waals surface area contributed by atoms with Crippen molar-refractivity contribution < 1.29 is 0 Å². The summed E-state index contributed by atoms with van der Waals surface area (Å²) in [4.78, 5) is 0. The van der Waals surface area contributed by atoms with Gasteiger partial charge in [0.2, 0.25) is 0 Å².